The van der Waals surface area contributed by atoms with Crippen molar-refractivity contribution in [1.82, 2.24) is 9.80 Å². The van der Waals surface area contributed by atoms with Gasteiger partial charge in [0, 0.05) is 83.0 Å². The predicted molar refractivity (Wildman–Crippen MR) is 198 cm³/mol. The second-order valence-electron chi connectivity index (χ2n) is 16.5. The molecule has 50 heavy (non-hydrogen) atoms. The Balaban J connectivity index is 1.22. The minimum atomic E-state index is 0.0233. The Morgan fingerprint density at radius 1 is 0.660 bits per heavy atom. The molecule has 0 radical (unpaired) electrons. The lowest BCUT2D eigenvalue weighted by Crippen LogP contribution is -2.63. The van der Waals surface area contributed by atoms with Gasteiger partial charge in [0.25, 0.3) is 0 Å². The number of nitrogens with zero attached hydrogens (tertiary/aromatic N) is 4. The molecule has 6 fully saturated rings. The number of aliphatic hydroxyl groups excluding tert-OH is 2. The molecule has 2 unspecified atom stereocenters. The van der Waals surface area contributed by atoms with Crippen LogP contribution in [0.2, 0.25) is 0 Å². The van der Waals surface area contributed by atoms with Gasteiger partial charge >= 0.3 is 0 Å². The van der Waals surface area contributed by atoms with E-state index in [1.165, 1.54) is 45.0 Å². The summed E-state index contributed by atoms with van der Waals surface area (Å²) < 4.78 is 0. The topological polar surface area (TPSA) is 53.4 Å². The lowest BCUT2D eigenvalue weighted by molar-refractivity contribution is 0.0738. The Bertz CT molecular complexity index is 1820. The van der Waals surface area contributed by atoms with Gasteiger partial charge in [-0.1, -0.05) is 48.6 Å². The number of hydrogen-bond donors (Lipinski definition) is 2. The molecule has 2 aromatic carbocycles. The third kappa shape index (κ3) is 3.26. The molecule has 4 saturated carbocycles. The predicted octanol–water partition coefficient (Wildman–Crippen LogP) is 6.37. The summed E-state index contributed by atoms with van der Waals surface area (Å²) in [6.45, 7) is 10.1. The first kappa shape index (κ1) is 29.7. The largest absolute Gasteiger partial charge is 0.392 e. The van der Waals surface area contributed by atoms with Crippen molar-refractivity contribution in [2.24, 2.45) is 23.7 Å². The zero-order valence-corrected chi connectivity index (χ0v) is 28.9. The maximum atomic E-state index is 10.5. The standard InChI is InChI=1S/C44H48N4O2/c1-3-19-45-35(15-21-49)27-23-33-39(45)13-17-43(33)31-9-5-7-11-37(31)48-26-30-28-24-34-40(46(20-4-2)36(28)16-22-50)14-18-44(34)32-10-6-8-12-38(32)47(42(30)44)25-29(27)41(43)48/h3-12,15-16,25-28,33-34,39-42,49-50H,1-2,13-14,17-24H2/b29-25?,30-26?,35-15-,36-16-/t27-,28-,33-,34-,39-,40-,41?,42?,43-,44-/m1/s1. The van der Waals surface area contributed by atoms with E-state index in [-0.39, 0.29) is 48.0 Å². The van der Waals surface area contributed by atoms with E-state index in [1.807, 2.05) is 0 Å². The van der Waals surface area contributed by atoms with Gasteiger partial charge in [-0.3, -0.25) is 0 Å². The van der Waals surface area contributed by atoms with Crippen LogP contribution in [-0.4, -0.2) is 70.5 Å². The smallest absolute Gasteiger partial charge is 0.0670 e. The number of hydrogen-bond acceptors (Lipinski definition) is 6. The van der Waals surface area contributed by atoms with Gasteiger partial charge in [0.05, 0.1) is 25.3 Å². The van der Waals surface area contributed by atoms with Crippen LogP contribution < -0.4 is 9.80 Å². The summed E-state index contributed by atoms with van der Waals surface area (Å²) in [5.74, 6) is 1.53. The average molecular weight is 665 g/mol. The van der Waals surface area contributed by atoms with Crippen molar-refractivity contribution in [3.63, 3.8) is 0 Å². The van der Waals surface area contributed by atoms with Crippen LogP contribution in [0.25, 0.3) is 0 Å². The summed E-state index contributed by atoms with van der Waals surface area (Å²) >= 11 is 0. The highest BCUT2D eigenvalue weighted by Crippen LogP contribution is 2.71. The third-order valence-electron chi connectivity index (χ3n) is 15.3. The van der Waals surface area contributed by atoms with E-state index in [2.05, 4.69) is 118 Å². The van der Waals surface area contributed by atoms with Crippen molar-refractivity contribution >= 4 is 11.4 Å². The van der Waals surface area contributed by atoms with Crippen molar-refractivity contribution in [3.8, 4) is 0 Å². The van der Waals surface area contributed by atoms with Gasteiger partial charge in [0.2, 0.25) is 0 Å². The summed E-state index contributed by atoms with van der Waals surface area (Å²) in [7, 11) is 0. The SMILES string of the molecule is C=CCN1/C(=C\CO)[C@@H]2C[C@@H]3[C@H]1CC[C@@]31c3ccccc3N3C=C4C5N(C=C2C31)c1ccccc1[C@@]51CC[C@@H]2[C@H]1C[C@H]4/C(=C/CO)N2CC=C. The van der Waals surface area contributed by atoms with Crippen molar-refractivity contribution in [3.05, 3.63) is 132 Å². The normalized spacial score (nSPS) is 40.5. The van der Waals surface area contributed by atoms with E-state index < -0.39 is 0 Å². The molecule has 6 nitrogen and oxygen atoms in total. The first-order chi connectivity index (χ1) is 24.6. The fourth-order valence-corrected chi connectivity index (χ4v) is 14.2. The van der Waals surface area contributed by atoms with Crippen molar-refractivity contribution < 1.29 is 10.2 Å². The third-order valence-corrected chi connectivity index (χ3v) is 15.3. The minimum absolute atomic E-state index is 0.0233. The van der Waals surface area contributed by atoms with Gasteiger partial charge in [-0.15, -0.1) is 13.2 Å². The number of benzene rings is 2. The molecule has 0 aromatic heterocycles. The van der Waals surface area contributed by atoms with Gasteiger partial charge in [-0.2, -0.15) is 0 Å². The van der Waals surface area contributed by atoms with Gasteiger partial charge in [0.15, 0.2) is 0 Å². The molecule has 2 spiro atoms. The Labute approximate surface area is 296 Å². The Hall–Kier alpha value is -4.00. The Morgan fingerprint density at radius 3 is 1.52 bits per heavy atom. The van der Waals surface area contributed by atoms with Gasteiger partial charge in [-0.25, -0.2) is 0 Å². The molecule has 10 atom stereocenters. The lowest BCUT2D eigenvalue weighted by Gasteiger charge is -2.59. The quantitative estimate of drug-likeness (QED) is 0.350. The van der Waals surface area contributed by atoms with E-state index in [0.717, 1.165) is 51.6 Å². The van der Waals surface area contributed by atoms with Crippen LogP contribution >= 0.6 is 0 Å². The number of piperidine rings is 2. The van der Waals surface area contributed by atoms with Gasteiger partial charge < -0.3 is 29.8 Å². The van der Waals surface area contributed by atoms with Crippen LogP contribution in [0.5, 0.6) is 0 Å². The van der Waals surface area contributed by atoms with Crippen LogP contribution in [0.15, 0.2) is 121 Å². The summed E-state index contributed by atoms with van der Waals surface area (Å²) in [4.78, 5) is 10.8. The summed E-state index contributed by atoms with van der Waals surface area (Å²) in [6, 6.07) is 20.0. The molecule has 9 aliphatic rings. The number of rotatable bonds is 6. The molecular formula is C44H48N4O2. The van der Waals surface area contributed by atoms with E-state index in [9.17, 15) is 10.2 Å². The maximum Gasteiger partial charge on any atom is 0.0670 e. The lowest BCUT2D eigenvalue weighted by atomic mass is 9.54. The number of fused-ring (bicyclic) bond motifs is 8. The zero-order valence-electron chi connectivity index (χ0n) is 28.9. The molecule has 5 heterocycles. The van der Waals surface area contributed by atoms with Crippen molar-refractivity contribution in [1.29, 1.82) is 0 Å². The van der Waals surface area contributed by atoms with Gasteiger partial charge in [0.1, 0.15) is 0 Å². The Kier molecular flexibility index (Phi) is 6.11. The molecule has 2 saturated heterocycles. The molecule has 0 amide bonds. The Morgan fingerprint density at radius 2 is 1.10 bits per heavy atom. The number of allylic oxidation sites excluding steroid dienone is 2. The van der Waals surface area contributed by atoms with E-state index in [1.54, 1.807) is 0 Å². The van der Waals surface area contributed by atoms with Gasteiger partial charge in [-0.05, 0) is 96.9 Å². The molecule has 11 rings (SSSR count). The molecule has 2 N–H and O–H groups in total. The fraction of sp³-hybridized carbons (Fsp3) is 0.455. The highest BCUT2D eigenvalue weighted by atomic mass is 16.3. The highest BCUT2D eigenvalue weighted by Gasteiger charge is 2.71. The second kappa shape index (κ2) is 10.3. The van der Waals surface area contributed by atoms with Crippen molar-refractivity contribution in [2.75, 3.05) is 36.1 Å². The van der Waals surface area contributed by atoms with Crippen molar-refractivity contribution in [2.45, 2.75) is 73.5 Å². The second-order valence-corrected chi connectivity index (χ2v) is 16.5. The zero-order chi connectivity index (χ0) is 33.5. The summed E-state index contributed by atoms with van der Waals surface area (Å²) in [5, 5.41) is 21.0. The van der Waals surface area contributed by atoms with Crippen LogP contribution in [0, 0.1) is 23.7 Å². The minimum Gasteiger partial charge on any atom is -0.392 e. The van der Waals surface area contributed by atoms with E-state index in [4.69, 9.17) is 0 Å². The first-order valence-corrected chi connectivity index (χ1v) is 19.2. The fourth-order valence-electron chi connectivity index (χ4n) is 14.2. The number of para-hydroxylation sites is 2. The summed E-state index contributed by atoms with van der Waals surface area (Å²) in [5.41, 5.74) is 11.5. The summed E-state index contributed by atoms with van der Waals surface area (Å²) in [6.07, 6.45) is 20.6. The monoisotopic (exact) mass is 664 g/mol. The van der Waals surface area contributed by atoms with E-state index in [0.29, 0.717) is 23.9 Å². The molecule has 2 aromatic rings. The molecule has 4 aliphatic carbocycles. The van der Waals surface area contributed by atoms with Crippen LogP contribution in [0.4, 0.5) is 11.4 Å². The molecule has 256 valence electrons. The average Bonchev–Trinajstić information content (AvgIpc) is 3.86. The molecular weight excluding hydrogens is 617 g/mol. The molecule has 4 bridgehead atoms. The van der Waals surface area contributed by atoms with Crippen LogP contribution in [-0.2, 0) is 10.8 Å². The van der Waals surface area contributed by atoms with Crippen LogP contribution in [0.1, 0.15) is 49.7 Å². The van der Waals surface area contributed by atoms with Crippen LogP contribution in [0.3, 0.4) is 0 Å². The number of aliphatic hydroxyl groups is 2. The molecule has 5 aliphatic heterocycles. The number of likely N-dealkylation sites (tertiary alicyclic amines) is 2. The first-order valence-electron chi connectivity index (χ1n) is 19.2. The molecule has 6 heteroatoms. The highest BCUT2D eigenvalue weighted by molar-refractivity contribution is 5.77. The maximum absolute atomic E-state index is 10.5. The van der Waals surface area contributed by atoms with E-state index >= 15 is 0 Å². The number of anilines is 2.